The van der Waals surface area contributed by atoms with E-state index in [1.807, 2.05) is 0 Å². The van der Waals surface area contributed by atoms with E-state index in [2.05, 4.69) is 51.6 Å². The summed E-state index contributed by atoms with van der Waals surface area (Å²) in [7, 11) is -2.12. The second kappa shape index (κ2) is 7.11. The van der Waals surface area contributed by atoms with Crippen molar-refractivity contribution in [1.82, 2.24) is 0 Å². The summed E-state index contributed by atoms with van der Waals surface area (Å²) in [6.45, 7) is 13.1. The molecule has 0 aromatic rings. The Bertz CT molecular complexity index is 375. The normalized spacial score (nSPS) is 30.2. The van der Waals surface area contributed by atoms with Gasteiger partial charge in [0.05, 0.1) is 24.4 Å². The van der Waals surface area contributed by atoms with Crippen molar-refractivity contribution >= 4 is 8.32 Å². The molecule has 0 saturated heterocycles. The average Bonchev–Trinajstić information content (AvgIpc) is 2.62. The van der Waals surface area contributed by atoms with E-state index in [1.165, 1.54) is 0 Å². The molecule has 4 atom stereocenters. The summed E-state index contributed by atoms with van der Waals surface area (Å²) in [5.41, 5.74) is 9.76. The molecule has 122 valence electrons. The van der Waals surface area contributed by atoms with Crippen LogP contribution in [0.4, 0.5) is 0 Å². The van der Waals surface area contributed by atoms with Crippen LogP contribution in [0.15, 0.2) is 5.11 Å². The smallest absolute Gasteiger partial charge is 0.200 e. The molecule has 7 heteroatoms. The minimum atomic E-state index is -2.12. The third-order valence-corrected chi connectivity index (χ3v) is 11.0. The van der Waals surface area contributed by atoms with Crippen LogP contribution in [0.25, 0.3) is 10.4 Å². The topological polar surface area (TPSA) is 98.5 Å². The van der Waals surface area contributed by atoms with Crippen molar-refractivity contribution < 1.29 is 14.6 Å². The number of hydrogen-bond acceptors (Lipinski definition) is 4. The van der Waals surface area contributed by atoms with Crippen molar-refractivity contribution in [2.24, 2.45) is 5.11 Å². The number of aliphatic hydroxyl groups excluding tert-OH is 2. The molecule has 1 rings (SSSR count). The van der Waals surface area contributed by atoms with E-state index >= 15 is 0 Å². The van der Waals surface area contributed by atoms with Crippen LogP contribution in [0.3, 0.4) is 0 Å². The second-order valence-corrected chi connectivity index (χ2v) is 12.4. The minimum absolute atomic E-state index is 0.325. The first-order valence-corrected chi connectivity index (χ1v) is 9.90. The van der Waals surface area contributed by atoms with E-state index in [-0.39, 0.29) is 0 Å². The highest BCUT2D eigenvalue weighted by Crippen LogP contribution is 2.45. The molecule has 2 N–H and O–H groups in total. The van der Waals surface area contributed by atoms with Crippen LogP contribution in [-0.4, -0.2) is 42.9 Å². The lowest BCUT2D eigenvalue weighted by molar-refractivity contribution is 0.0400. The van der Waals surface area contributed by atoms with E-state index in [0.29, 0.717) is 23.0 Å². The zero-order valence-electron chi connectivity index (χ0n) is 13.9. The second-order valence-electron chi connectivity index (χ2n) is 6.96. The summed E-state index contributed by atoms with van der Waals surface area (Å²) in [5.74, 6) is 0. The molecule has 1 aliphatic carbocycles. The number of aliphatic hydroxyl groups is 2. The van der Waals surface area contributed by atoms with Gasteiger partial charge < -0.3 is 14.6 Å². The van der Waals surface area contributed by atoms with Gasteiger partial charge in [-0.2, -0.15) is 0 Å². The summed E-state index contributed by atoms with van der Waals surface area (Å²) in [6, 6.07) is -0.807. The molecule has 0 aromatic heterocycles. The largest absolute Gasteiger partial charge is 0.410 e. The predicted octanol–water partition coefficient (Wildman–Crippen LogP) is 3.35. The third kappa shape index (κ3) is 3.43. The third-order valence-electron chi connectivity index (χ3n) is 4.85. The van der Waals surface area contributed by atoms with Crippen LogP contribution in [0.1, 0.15) is 48.0 Å². The molecule has 0 unspecified atom stereocenters. The van der Waals surface area contributed by atoms with E-state index in [9.17, 15) is 10.2 Å². The number of nitrogens with zero attached hydrogens (tertiary/aromatic N) is 3. The van der Waals surface area contributed by atoms with Gasteiger partial charge in [-0.25, -0.2) is 0 Å². The number of hydrogen-bond donors (Lipinski definition) is 2. The lowest BCUT2D eigenvalue weighted by Gasteiger charge is -2.44. The van der Waals surface area contributed by atoms with Gasteiger partial charge in [0.15, 0.2) is 0 Å². The van der Waals surface area contributed by atoms with Gasteiger partial charge >= 0.3 is 0 Å². The van der Waals surface area contributed by atoms with Crippen LogP contribution in [0.5, 0.6) is 0 Å². The molecule has 0 spiro atoms. The van der Waals surface area contributed by atoms with Gasteiger partial charge in [0.2, 0.25) is 8.32 Å². The molecule has 0 amide bonds. The Labute approximate surface area is 128 Å². The molecule has 0 aliphatic heterocycles. The Morgan fingerprint density at radius 3 is 1.95 bits per heavy atom. The van der Waals surface area contributed by atoms with Gasteiger partial charge in [-0.1, -0.05) is 46.7 Å². The van der Waals surface area contributed by atoms with E-state index in [1.54, 1.807) is 0 Å². The van der Waals surface area contributed by atoms with Gasteiger partial charge in [-0.05, 0) is 22.2 Å². The summed E-state index contributed by atoms with van der Waals surface area (Å²) in [6.07, 6.45) is -1.89. The van der Waals surface area contributed by atoms with Crippen molar-refractivity contribution in [3.63, 3.8) is 0 Å². The Morgan fingerprint density at radius 1 is 1.10 bits per heavy atom. The SMILES string of the molecule is CC(C)[Si](O[C@H]1C[C@@H](O)[C@H](N=[N+]=[N-])[C@H]1O)(C(C)C)C(C)C. The quantitative estimate of drug-likeness (QED) is 0.340. The average molecular weight is 315 g/mol. The van der Waals surface area contributed by atoms with Gasteiger partial charge in [0, 0.05) is 11.3 Å². The molecule has 6 nitrogen and oxygen atoms in total. The molecule has 1 saturated carbocycles. The van der Waals surface area contributed by atoms with Gasteiger partial charge in [0.25, 0.3) is 0 Å². The van der Waals surface area contributed by atoms with Crippen LogP contribution >= 0.6 is 0 Å². The fraction of sp³-hybridized carbons (Fsp3) is 1.00. The molecule has 1 aliphatic rings. The lowest BCUT2D eigenvalue weighted by atomic mass is 10.2. The van der Waals surface area contributed by atoms with Crippen molar-refractivity contribution in [3.8, 4) is 0 Å². The van der Waals surface area contributed by atoms with Crippen LogP contribution in [0, 0.1) is 0 Å². The Balaban J connectivity index is 3.03. The summed E-state index contributed by atoms with van der Waals surface area (Å²) < 4.78 is 6.49. The zero-order valence-corrected chi connectivity index (χ0v) is 14.9. The maximum absolute atomic E-state index is 10.3. The molecule has 0 heterocycles. The highest BCUT2D eigenvalue weighted by Gasteiger charge is 2.51. The molecule has 0 aromatic carbocycles. The molecular weight excluding hydrogens is 286 g/mol. The highest BCUT2D eigenvalue weighted by atomic mass is 28.4. The van der Waals surface area contributed by atoms with Crippen LogP contribution in [-0.2, 0) is 4.43 Å². The molecular formula is C14H29N3O3Si. The number of azide groups is 1. The monoisotopic (exact) mass is 315 g/mol. The lowest BCUT2D eigenvalue weighted by Crippen LogP contribution is -2.52. The minimum Gasteiger partial charge on any atom is -0.410 e. The van der Waals surface area contributed by atoms with Crippen molar-refractivity contribution in [2.45, 2.75) is 88.9 Å². The highest BCUT2D eigenvalue weighted by molar-refractivity contribution is 6.77. The van der Waals surface area contributed by atoms with Crippen LogP contribution < -0.4 is 0 Å². The molecule has 0 bridgehead atoms. The van der Waals surface area contributed by atoms with Crippen molar-refractivity contribution in [3.05, 3.63) is 10.4 Å². The van der Waals surface area contributed by atoms with E-state index < -0.39 is 32.7 Å². The maximum Gasteiger partial charge on any atom is 0.200 e. The van der Waals surface area contributed by atoms with E-state index in [4.69, 9.17) is 9.96 Å². The van der Waals surface area contributed by atoms with Gasteiger partial charge in [-0.3, -0.25) is 0 Å². The van der Waals surface area contributed by atoms with Gasteiger partial charge in [-0.15, -0.1) is 0 Å². The van der Waals surface area contributed by atoms with E-state index in [0.717, 1.165) is 0 Å². The first-order valence-electron chi connectivity index (χ1n) is 7.76. The summed E-state index contributed by atoms with van der Waals surface area (Å²) in [4.78, 5) is 2.72. The Kier molecular flexibility index (Phi) is 6.25. The van der Waals surface area contributed by atoms with Crippen molar-refractivity contribution in [1.29, 1.82) is 0 Å². The fourth-order valence-electron chi connectivity index (χ4n) is 3.96. The van der Waals surface area contributed by atoms with Crippen molar-refractivity contribution in [2.75, 3.05) is 0 Å². The number of rotatable bonds is 6. The van der Waals surface area contributed by atoms with Gasteiger partial charge in [0.1, 0.15) is 0 Å². The Hall–Kier alpha value is -0.593. The standard InChI is InChI=1S/C14H29N3O3Si/c1-8(2)21(9(3)4,10(5)6)20-12-7-11(18)13(14(12)19)16-17-15/h8-14,18-19H,7H2,1-6H3/t11-,12+,13+,14+/m1/s1. The maximum atomic E-state index is 10.3. The first-order chi connectivity index (χ1) is 9.68. The molecule has 0 radical (unpaired) electrons. The van der Waals surface area contributed by atoms with Crippen LogP contribution in [0.2, 0.25) is 16.6 Å². The Morgan fingerprint density at radius 2 is 1.57 bits per heavy atom. The fourth-order valence-corrected chi connectivity index (χ4v) is 9.53. The molecule has 21 heavy (non-hydrogen) atoms. The summed E-state index contributed by atoms with van der Waals surface area (Å²) >= 11 is 0. The summed E-state index contributed by atoms with van der Waals surface area (Å²) in [5, 5.41) is 23.8. The first kappa shape index (κ1) is 18.5. The zero-order chi connectivity index (χ0) is 16.4. The molecule has 1 fully saturated rings. The predicted molar refractivity (Wildman–Crippen MR) is 85.5 cm³/mol.